The predicted molar refractivity (Wildman–Crippen MR) is 165 cm³/mol. The summed E-state index contributed by atoms with van der Waals surface area (Å²) in [6.45, 7) is 3.46. The van der Waals surface area contributed by atoms with Gasteiger partial charge in [0.15, 0.2) is 11.0 Å². The van der Waals surface area contributed by atoms with Gasteiger partial charge in [0.2, 0.25) is 5.91 Å². The Morgan fingerprint density at radius 3 is 2.48 bits per heavy atom. The van der Waals surface area contributed by atoms with Crippen LogP contribution in [0.5, 0.6) is 5.75 Å². The van der Waals surface area contributed by atoms with Crippen LogP contribution in [0.4, 0.5) is 0 Å². The van der Waals surface area contributed by atoms with E-state index in [1.807, 2.05) is 118 Å². The molecule has 1 aromatic heterocycles. The smallest absolute Gasteiger partial charge is 0.254 e. The van der Waals surface area contributed by atoms with Gasteiger partial charge < -0.3 is 14.5 Å². The molecule has 2 heterocycles. The Labute approximate surface area is 248 Å². The molecule has 9 heteroatoms. The first-order chi connectivity index (χ1) is 20.5. The monoisotopic (exact) mass is 577 g/mol. The number of para-hydroxylation sites is 1. The van der Waals surface area contributed by atoms with Gasteiger partial charge in [-0.1, -0.05) is 78.5 Å². The highest BCUT2D eigenvalue weighted by molar-refractivity contribution is 7.99. The van der Waals surface area contributed by atoms with Gasteiger partial charge in [0, 0.05) is 42.5 Å². The third-order valence-corrected chi connectivity index (χ3v) is 8.48. The molecule has 2 amide bonds. The van der Waals surface area contributed by atoms with Crippen LogP contribution in [0, 0.1) is 0 Å². The summed E-state index contributed by atoms with van der Waals surface area (Å²) in [7, 11) is 1.63. The average Bonchev–Trinajstić information content (AvgIpc) is 3.47. The van der Waals surface area contributed by atoms with E-state index in [1.165, 1.54) is 11.8 Å². The molecule has 1 aliphatic heterocycles. The van der Waals surface area contributed by atoms with Crippen molar-refractivity contribution < 1.29 is 14.3 Å². The number of ether oxygens (including phenoxy) is 1. The molecule has 212 valence electrons. The molecule has 1 atom stereocenters. The Bertz CT molecular complexity index is 1730. The Kier molecular flexibility index (Phi) is 7.92. The molecule has 0 spiro atoms. The van der Waals surface area contributed by atoms with Crippen molar-refractivity contribution >= 4 is 34.3 Å². The number of hydrogen-bond acceptors (Lipinski definition) is 6. The van der Waals surface area contributed by atoms with Crippen LogP contribution in [0.2, 0.25) is 0 Å². The quantitative estimate of drug-likeness (QED) is 0.236. The number of piperazine rings is 1. The van der Waals surface area contributed by atoms with Gasteiger partial charge >= 0.3 is 0 Å². The van der Waals surface area contributed by atoms with Crippen molar-refractivity contribution in [3.05, 3.63) is 103 Å². The van der Waals surface area contributed by atoms with Crippen LogP contribution < -0.4 is 4.74 Å². The molecule has 4 aromatic carbocycles. The summed E-state index contributed by atoms with van der Waals surface area (Å²) in [5.41, 5.74) is 2.47. The summed E-state index contributed by atoms with van der Waals surface area (Å²) < 4.78 is 7.38. The fourth-order valence-corrected chi connectivity index (χ4v) is 6.25. The van der Waals surface area contributed by atoms with Gasteiger partial charge in [-0.05, 0) is 48.0 Å². The molecule has 1 unspecified atom stereocenters. The summed E-state index contributed by atoms with van der Waals surface area (Å²) in [6.07, 6.45) is 0. The van der Waals surface area contributed by atoms with E-state index < -0.39 is 0 Å². The second-order valence-corrected chi connectivity index (χ2v) is 11.2. The second kappa shape index (κ2) is 12.1. The highest BCUT2D eigenvalue weighted by Gasteiger charge is 2.31. The van der Waals surface area contributed by atoms with E-state index in [1.54, 1.807) is 7.11 Å². The van der Waals surface area contributed by atoms with Gasteiger partial charge in [0.25, 0.3) is 5.91 Å². The van der Waals surface area contributed by atoms with Crippen LogP contribution in [0.15, 0.2) is 102 Å². The molecular formula is C33H31N5O3S. The minimum absolute atomic E-state index is 0.00167. The van der Waals surface area contributed by atoms with Gasteiger partial charge in [-0.2, -0.15) is 0 Å². The average molecular weight is 578 g/mol. The molecular weight excluding hydrogens is 546 g/mol. The van der Waals surface area contributed by atoms with Crippen molar-refractivity contribution in [2.45, 2.75) is 18.1 Å². The molecule has 5 aromatic rings. The first-order valence-corrected chi connectivity index (χ1v) is 14.9. The second-order valence-electron chi connectivity index (χ2n) is 10.2. The van der Waals surface area contributed by atoms with E-state index in [0.717, 1.165) is 27.8 Å². The van der Waals surface area contributed by atoms with Gasteiger partial charge in [-0.25, -0.2) is 0 Å². The Balaban J connectivity index is 1.16. The lowest BCUT2D eigenvalue weighted by Gasteiger charge is -2.40. The zero-order valence-electron chi connectivity index (χ0n) is 23.5. The minimum Gasteiger partial charge on any atom is -0.497 e. The van der Waals surface area contributed by atoms with E-state index in [9.17, 15) is 9.59 Å². The number of nitrogens with zero attached hydrogens (tertiary/aromatic N) is 5. The predicted octanol–water partition coefficient (Wildman–Crippen LogP) is 5.56. The van der Waals surface area contributed by atoms with Gasteiger partial charge in [0.1, 0.15) is 5.75 Å². The lowest BCUT2D eigenvalue weighted by atomic mass is 10.0. The topological polar surface area (TPSA) is 80.6 Å². The number of aromatic nitrogens is 3. The molecule has 1 fully saturated rings. The van der Waals surface area contributed by atoms with Crippen LogP contribution >= 0.6 is 11.8 Å². The fourth-order valence-electron chi connectivity index (χ4n) is 5.39. The van der Waals surface area contributed by atoms with E-state index in [4.69, 9.17) is 4.74 Å². The fraction of sp³-hybridized carbons (Fsp3) is 0.212. The Morgan fingerprint density at radius 1 is 0.905 bits per heavy atom. The van der Waals surface area contributed by atoms with Gasteiger partial charge in [-0.3, -0.25) is 14.2 Å². The lowest BCUT2D eigenvalue weighted by Crippen LogP contribution is -2.55. The number of fused-ring (bicyclic) bond motifs is 1. The highest BCUT2D eigenvalue weighted by atomic mass is 32.2. The number of carbonyl (C=O) groups excluding carboxylic acids is 2. The van der Waals surface area contributed by atoms with Crippen LogP contribution in [0.1, 0.15) is 17.3 Å². The molecule has 0 saturated carbocycles. The summed E-state index contributed by atoms with van der Waals surface area (Å²) >= 11 is 1.36. The Morgan fingerprint density at radius 2 is 1.67 bits per heavy atom. The summed E-state index contributed by atoms with van der Waals surface area (Å²) in [4.78, 5) is 30.6. The van der Waals surface area contributed by atoms with Gasteiger partial charge in [0.05, 0.1) is 12.9 Å². The maximum Gasteiger partial charge on any atom is 0.254 e. The van der Waals surface area contributed by atoms with Crippen molar-refractivity contribution in [2.24, 2.45) is 0 Å². The summed E-state index contributed by atoms with van der Waals surface area (Å²) in [5, 5.41) is 11.6. The van der Waals surface area contributed by atoms with Gasteiger partial charge in [-0.15, -0.1) is 10.2 Å². The molecule has 6 rings (SSSR count). The normalized spacial score (nSPS) is 15.1. The number of amides is 2. The number of methoxy groups -OCH3 is 1. The van der Waals surface area contributed by atoms with E-state index in [2.05, 4.69) is 10.2 Å². The van der Waals surface area contributed by atoms with E-state index in [0.29, 0.717) is 36.2 Å². The van der Waals surface area contributed by atoms with Crippen LogP contribution in [-0.4, -0.2) is 74.9 Å². The molecule has 8 nitrogen and oxygen atoms in total. The molecule has 1 aliphatic rings. The number of benzene rings is 4. The third-order valence-electron chi connectivity index (χ3n) is 7.56. The Hall–Kier alpha value is -4.63. The molecule has 0 bridgehead atoms. The van der Waals surface area contributed by atoms with Crippen molar-refractivity contribution in [2.75, 3.05) is 32.5 Å². The van der Waals surface area contributed by atoms with Crippen molar-refractivity contribution in [3.63, 3.8) is 0 Å². The maximum absolute atomic E-state index is 13.5. The van der Waals surface area contributed by atoms with E-state index >= 15 is 0 Å². The summed E-state index contributed by atoms with van der Waals surface area (Å²) in [6, 6.07) is 31.2. The zero-order valence-corrected chi connectivity index (χ0v) is 24.3. The van der Waals surface area contributed by atoms with Crippen LogP contribution in [0.3, 0.4) is 0 Å². The standard InChI is InChI=1S/C33H31N5O3S/c1-23-21-36(18-19-37(23)32(40)29-17-9-11-24-10-6-7-16-28(24)29)30(39)22-42-33-35-34-31(25-12-8-15-27(20-25)41-2)38(33)26-13-4-3-5-14-26/h3-17,20,23H,18-19,21-22H2,1-2H3. The zero-order chi connectivity index (χ0) is 29.1. The minimum atomic E-state index is -0.105. The van der Waals surface area contributed by atoms with Crippen LogP contribution in [0.25, 0.3) is 27.8 Å². The largest absolute Gasteiger partial charge is 0.497 e. The molecule has 1 saturated heterocycles. The first kappa shape index (κ1) is 27.5. The van der Waals surface area contributed by atoms with Crippen molar-refractivity contribution in [3.8, 4) is 22.8 Å². The third kappa shape index (κ3) is 5.47. The number of thioether (sulfide) groups is 1. The number of carbonyl (C=O) groups is 2. The lowest BCUT2D eigenvalue weighted by molar-refractivity contribution is -0.130. The molecule has 0 aliphatic carbocycles. The van der Waals surface area contributed by atoms with Crippen LogP contribution in [-0.2, 0) is 4.79 Å². The molecule has 0 radical (unpaired) electrons. The molecule has 42 heavy (non-hydrogen) atoms. The number of hydrogen-bond donors (Lipinski definition) is 0. The number of rotatable bonds is 7. The SMILES string of the molecule is COc1cccc(-c2nnc(SCC(=O)N3CCN(C(=O)c4cccc5ccccc45)C(C)C3)n2-c2ccccc2)c1. The highest BCUT2D eigenvalue weighted by Crippen LogP contribution is 2.30. The maximum atomic E-state index is 13.5. The van der Waals surface area contributed by atoms with E-state index in [-0.39, 0.29) is 23.6 Å². The van der Waals surface area contributed by atoms with Crippen molar-refractivity contribution in [1.82, 2.24) is 24.6 Å². The van der Waals surface area contributed by atoms with Crippen molar-refractivity contribution in [1.29, 1.82) is 0 Å². The summed E-state index contributed by atoms with van der Waals surface area (Å²) in [5.74, 6) is 1.62. The first-order valence-electron chi connectivity index (χ1n) is 13.9. The molecule has 0 N–H and O–H groups in total.